The summed E-state index contributed by atoms with van der Waals surface area (Å²) < 4.78 is 10.7. The topological polar surface area (TPSA) is 83.4 Å². The lowest BCUT2D eigenvalue weighted by Crippen LogP contribution is -2.25. The smallest absolute Gasteiger partial charge is 0.264 e. The second-order valence-corrected chi connectivity index (χ2v) is 9.20. The van der Waals surface area contributed by atoms with Crippen molar-refractivity contribution in [2.24, 2.45) is 0 Å². The highest BCUT2D eigenvalue weighted by Gasteiger charge is 2.18. The van der Waals surface area contributed by atoms with Gasteiger partial charge in [-0.15, -0.1) is 11.8 Å². The number of hydrogen-bond donors (Lipinski definition) is 2. The molecule has 1 aliphatic heterocycles. The molecule has 0 saturated carbocycles. The maximum absolute atomic E-state index is 13.1. The average molecular weight is 506 g/mol. The van der Waals surface area contributed by atoms with E-state index >= 15 is 0 Å². The summed E-state index contributed by atoms with van der Waals surface area (Å²) in [7, 11) is 0. The van der Waals surface area contributed by atoms with Gasteiger partial charge in [-0.1, -0.05) is 48.9 Å². The van der Waals surface area contributed by atoms with Crippen molar-refractivity contribution in [3.05, 3.63) is 99.0 Å². The minimum Gasteiger partial charge on any atom is -0.454 e. The number of halogens is 1. The molecule has 0 aliphatic carbocycles. The number of rotatable bonds is 9. The number of amides is 1. The number of nitrogens with zero attached hydrogens (tertiary/aromatic N) is 1. The number of nitrogens with one attached hydrogen (secondary N) is 2. The molecule has 0 aromatic heterocycles. The molecule has 0 atom stereocenters. The van der Waals surface area contributed by atoms with Crippen LogP contribution in [0.15, 0.2) is 77.3 Å². The van der Waals surface area contributed by atoms with E-state index in [2.05, 4.69) is 23.6 Å². The van der Waals surface area contributed by atoms with Crippen LogP contribution in [-0.4, -0.2) is 12.7 Å². The molecule has 6 nitrogen and oxygen atoms in total. The number of hydrogen-bond acceptors (Lipinski definition) is 6. The Morgan fingerprint density at radius 3 is 2.40 bits per heavy atom. The standard InChI is InChI=1S/C27H24ClN3O3S/c1-2-18-5-10-22(11-6-18)31-27(35-16-19-3-8-21(28)9-4-19)23(14-29)26(32)30-15-20-7-12-24-25(13-20)34-17-33-24/h3-13,31H,2,15-17H2,1H3,(H,30,32). The summed E-state index contributed by atoms with van der Waals surface area (Å²) in [5.41, 5.74) is 3.90. The zero-order chi connectivity index (χ0) is 24.6. The number of carbonyl (C=O) groups is 1. The van der Waals surface area contributed by atoms with E-state index in [9.17, 15) is 10.1 Å². The van der Waals surface area contributed by atoms with E-state index in [-0.39, 0.29) is 18.9 Å². The van der Waals surface area contributed by atoms with Gasteiger partial charge in [-0.25, -0.2) is 0 Å². The third-order valence-corrected chi connectivity index (χ3v) is 6.70. The largest absolute Gasteiger partial charge is 0.454 e. The Bertz CT molecular complexity index is 1270. The summed E-state index contributed by atoms with van der Waals surface area (Å²) in [6, 6.07) is 23.0. The molecule has 3 aromatic rings. The minimum atomic E-state index is -0.457. The quantitative estimate of drug-likeness (QED) is 0.273. The maximum Gasteiger partial charge on any atom is 0.264 e. The average Bonchev–Trinajstić information content (AvgIpc) is 3.35. The van der Waals surface area contributed by atoms with Crippen LogP contribution in [0, 0.1) is 11.3 Å². The molecular weight excluding hydrogens is 482 g/mol. The van der Waals surface area contributed by atoms with Gasteiger partial charge in [0.2, 0.25) is 6.79 Å². The van der Waals surface area contributed by atoms with Crippen molar-refractivity contribution in [1.29, 1.82) is 5.26 Å². The Hall–Kier alpha value is -3.60. The Labute approximate surface area is 213 Å². The first-order valence-electron chi connectivity index (χ1n) is 11.1. The van der Waals surface area contributed by atoms with Gasteiger partial charge in [0, 0.05) is 23.0 Å². The van der Waals surface area contributed by atoms with Gasteiger partial charge in [-0.05, 0) is 59.5 Å². The molecule has 0 bridgehead atoms. The fourth-order valence-electron chi connectivity index (χ4n) is 3.39. The summed E-state index contributed by atoms with van der Waals surface area (Å²) in [6.07, 6.45) is 0.931. The predicted molar refractivity (Wildman–Crippen MR) is 139 cm³/mol. The van der Waals surface area contributed by atoms with Gasteiger partial charge < -0.3 is 20.1 Å². The minimum absolute atomic E-state index is 0.0178. The van der Waals surface area contributed by atoms with E-state index in [1.807, 2.05) is 60.7 Å². The molecule has 0 radical (unpaired) electrons. The van der Waals surface area contributed by atoms with Gasteiger partial charge in [0.25, 0.3) is 5.91 Å². The lowest BCUT2D eigenvalue weighted by molar-refractivity contribution is -0.117. The van der Waals surface area contributed by atoms with Gasteiger partial charge in [-0.3, -0.25) is 4.79 Å². The number of thioether (sulfide) groups is 1. The fourth-order valence-corrected chi connectivity index (χ4v) is 4.49. The molecule has 1 amide bonds. The second-order valence-electron chi connectivity index (χ2n) is 7.78. The number of carbonyl (C=O) groups excluding carboxylic acids is 1. The number of anilines is 1. The first-order chi connectivity index (χ1) is 17.1. The van der Waals surface area contributed by atoms with Crippen molar-refractivity contribution in [1.82, 2.24) is 5.32 Å². The van der Waals surface area contributed by atoms with Crippen LogP contribution >= 0.6 is 23.4 Å². The Balaban J connectivity index is 1.53. The molecule has 1 heterocycles. The first kappa shape index (κ1) is 24.5. The number of fused-ring (bicyclic) bond motifs is 1. The van der Waals surface area contributed by atoms with Crippen molar-refractivity contribution in [2.45, 2.75) is 25.6 Å². The van der Waals surface area contributed by atoms with E-state index in [4.69, 9.17) is 21.1 Å². The first-order valence-corrected chi connectivity index (χ1v) is 12.5. The van der Waals surface area contributed by atoms with Crippen LogP contribution in [0.5, 0.6) is 11.5 Å². The van der Waals surface area contributed by atoms with E-state index in [0.29, 0.717) is 27.3 Å². The van der Waals surface area contributed by atoms with E-state index in [1.54, 1.807) is 6.07 Å². The summed E-state index contributed by atoms with van der Waals surface area (Å²) in [5.74, 6) is 1.43. The molecule has 8 heteroatoms. The molecule has 4 rings (SSSR count). The van der Waals surface area contributed by atoms with Crippen LogP contribution in [0.25, 0.3) is 0 Å². The van der Waals surface area contributed by atoms with Crippen LogP contribution in [0.3, 0.4) is 0 Å². The van der Waals surface area contributed by atoms with Crippen LogP contribution in [0.4, 0.5) is 5.69 Å². The van der Waals surface area contributed by atoms with Crippen molar-refractivity contribution in [2.75, 3.05) is 12.1 Å². The monoisotopic (exact) mass is 505 g/mol. The third-order valence-electron chi connectivity index (χ3n) is 5.37. The van der Waals surface area contributed by atoms with Crippen molar-refractivity contribution in [3.63, 3.8) is 0 Å². The Morgan fingerprint density at radius 2 is 1.69 bits per heavy atom. The van der Waals surface area contributed by atoms with E-state index < -0.39 is 5.91 Å². The van der Waals surface area contributed by atoms with Crippen molar-refractivity contribution in [3.8, 4) is 17.6 Å². The van der Waals surface area contributed by atoms with E-state index in [0.717, 1.165) is 23.2 Å². The van der Waals surface area contributed by atoms with Gasteiger partial charge >= 0.3 is 0 Å². The van der Waals surface area contributed by atoms with E-state index in [1.165, 1.54) is 17.3 Å². The number of aryl methyl sites for hydroxylation is 1. The summed E-state index contributed by atoms with van der Waals surface area (Å²) in [5, 5.41) is 17.2. The normalized spacial score (nSPS) is 12.5. The molecule has 178 valence electrons. The Kier molecular flexibility index (Phi) is 8.19. The molecule has 35 heavy (non-hydrogen) atoms. The van der Waals surface area contributed by atoms with Crippen LogP contribution < -0.4 is 20.1 Å². The lowest BCUT2D eigenvalue weighted by atomic mass is 10.1. The zero-order valence-corrected chi connectivity index (χ0v) is 20.7. The second kappa shape index (κ2) is 11.7. The SMILES string of the molecule is CCc1ccc(NC(SCc2ccc(Cl)cc2)=C(C#N)C(=O)NCc2ccc3c(c2)OCO3)cc1. The highest BCUT2D eigenvalue weighted by Crippen LogP contribution is 2.32. The van der Waals surface area contributed by atoms with Crippen molar-refractivity contribution < 1.29 is 14.3 Å². The highest BCUT2D eigenvalue weighted by atomic mass is 35.5. The summed E-state index contributed by atoms with van der Waals surface area (Å²) in [4.78, 5) is 13.1. The molecular formula is C27H24ClN3O3S. The molecule has 0 fully saturated rings. The number of ether oxygens (including phenoxy) is 2. The molecule has 1 aliphatic rings. The van der Waals surface area contributed by atoms with Gasteiger partial charge in [0.1, 0.15) is 11.6 Å². The van der Waals surface area contributed by atoms with Gasteiger partial charge in [0.05, 0.1) is 5.03 Å². The lowest BCUT2D eigenvalue weighted by Gasteiger charge is -2.14. The predicted octanol–water partition coefficient (Wildman–Crippen LogP) is 6.03. The molecule has 3 aromatic carbocycles. The van der Waals surface area contributed by atoms with Gasteiger partial charge in [-0.2, -0.15) is 5.26 Å². The third kappa shape index (κ3) is 6.50. The van der Waals surface area contributed by atoms with Crippen LogP contribution in [-0.2, 0) is 23.5 Å². The van der Waals surface area contributed by atoms with Crippen LogP contribution in [0.1, 0.15) is 23.6 Å². The van der Waals surface area contributed by atoms with Crippen LogP contribution in [0.2, 0.25) is 5.02 Å². The van der Waals surface area contributed by atoms with Gasteiger partial charge in [0.15, 0.2) is 11.5 Å². The summed E-state index contributed by atoms with van der Waals surface area (Å²) >= 11 is 7.39. The molecule has 2 N–H and O–H groups in total. The Morgan fingerprint density at radius 1 is 1.00 bits per heavy atom. The highest BCUT2D eigenvalue weighted by molar-refractivity contribution is 8.02. The number of benzene rings is 3. The number of nitriles is 1. The fraction of sp³-hybridized carbons (Fsp3) is 0.185. The van der Waals surface area contributed by atoms with Crippen molar-refractivity contribution >= 4 is 35.0 Å². The molecule has 0 saturated heterocycles. The zero-order valence-electron chi connectivity index (χ0n) is 19.1. The maximum atomic E-state index is 13.1. The molecule has 0 unspecified atom stereocenters. The molecule has 0 spiro atoms. The summed E-state index contributed by atoms with van der Waals surface area (Å²) in [6.45, 7) is 2.53.